The van der Waals surface area contributed by atoms with Crippen LogP contribution >= 0.6 is 0 Å². The lowest BCUT2D eigenvalue weighted by atomic mass is 10.0. The van der Waals surface area contributed by atoms with Crippen molar-refractivity contribution in [1.29, 1.82) is 0 Å². The van der Waals surface area contributed by atoms with E-state index in [9.17, 15) is 4.79 Å². The van der Waals surface area contributed by atoms with Crippen LogP contribution < -0.4 is 5.32 Å². The first-order chi connectivity index (χ1) is 14.0. The number of aromatic nitrogens is 3. The number of fused-ring (bicyclic) bond motifs is 1. The van der Waals surface area contributed by atoms with Crippen LogP contribution in [-0.4, -0.2) is 52.4 Å². The predicted octanol–water partition coefficient (Wildman–Crippen LogP) is 2.67. The molecule has 2 aromatic rings. The molecule has 0 fully saturated rings. The molecule has 0 spiro atoms. The van der Waals surface area contributed by atoms with E-state index >= 15 is 0 Å². The van der Waals surface area contributed by atoms with Crippen molar-refractivity contribution in [2.24, 2.45) is 0 Å². The van der Waals surface area contributed by atoms with Crippen LogP contribution in [0.15, 0.2) is 24.3 Å². The Bertz CT molecular complexity index is 800. The first-order valence-electron chi connectivity index (χ1n) is 10.5. The lowest BCUT2D eigenvalue weighted by Gasteiger charge is -2.20. The number of carbonyl (C=O) groups excluding carboxylic acids is 1. The van der Waals surface area contributed by atoms with E-state index in [0.717, 1.165) is 44.2 Å². The van der Waals surface area contributed by atoms with Gasteiger partial charge in [-0.2, -0.15) is 0 Å². The van der Waals surface area contributed by atoms with Crippen molar-refractivity contribution in [3.8, 4) is 0 Å². The van der Waals surface area contributed by atoms with Crippen molar-refractivity contribution in [1.82, 2.24) is 25.0 Å². The van der Waals surface area contributed by atoms with Gasteiger partial charge in [-0.25, -0.2) is 0 Å². The van der Waals surface area contributed by atoms with Gasteiger partial charge < -0.3 is 14.6 Å². The highest BCUT2D eigenvalue weighted by Gasteiger charge is 2.22. The number of hydrogen-bond acceptors (Lipinski definition) is 5. The maximum atomic E-state index is 12.0. The molecule has 7 nitrogen and oxygen atoms in total. The Morgan fingerprint density at radius 2 is 1.90 bits per heavy atom. The van der Waals surface area contributed by atoms with E-state index < -0.39 is 0 Å². The number of nitrogens with zero attached hydrogens (tertiary/aromatic N) is 4. The monoisotopic (exact) mass is 399 g/mol. The Kier molecular flexibility index (Phi) is 7.39. The van der Waals surface area contributed by atoms with Crippen LogP contribution in [0, 0.1) is 0 Å². The Balaban J connectivity index is 1.59. The fourth-order valence-corrected chi connectivity index (χ4v) is 3.71. The van der Waals surface area contributed by atoms with Crippen LogP contribution in [0.5, 0.6) is 0 Å². The van der Waals surface area contributed by atoms with Gasteiger partial charge in [-0.05, 0) is 24.0 Å². The topological polar surface area (TPSA) is 72.3 Å². The van der Waals surface area contributed by atoms with E-state index in [-0.39, 0.29) is 11.9 Å². The number of carbonyl (C=O) groups is 1. The van der Waals surface area contributed by atoms with Crippen molar-refractivity contribution < 1.29 is 9.53 Å². The molecule has 1 aromatic carbocycles. The summed E-state index contributed by atoms with van der Waals surface area (Å²) in [4.78, 5) is 14.5. The molecule has 3 rings (SSSR count). The fraction of sp³-hybridized carbons (Fsp3) is 0.591. The van der Waals surface area contributed by atoms with E-state index in [2.05, 4.69) is 63.1 Å². The van der Waals surface area contributed by atoms with Crippen LogP contribution in [0.2, 0.25) is 0 Å². The van der Waals surface area contributed by atoms with E-state index in [4.69, 9.17) is 4.74 Å². The predicted molar refractivity (Wildman–Crippen MR) is 113 cm³/mol. The maximum Gasteiger partial charge on any atom is 0.222 e. The molecule has 1 unspecified atom stereocenters. The van der Waals surface area contributed by atoms with Crippen molar-refractivity contribution >= 4 is 5.91 Å². The summed E-state index contributed by atoms with van der Waals surface area (Å²) < 4.78 is 7.14. The van der Waals surface area contributed by atoms with Gasteiger partial charge >= 0.3 is 0 Å². The maximum absolute atomic E-state index is 12.0. The molecule has 158 valence electrons. The summed E-state index contributed by atoms with van der Waals surface area (Å²) in [7, 11) is 1.60. The molecular weight excluding hydrogens is 366 g/mol. The molecule has 1 atom stereocenters. The number of nitrogens with one attached hydrogen (secondary N) is 1. The molecule has 1 aromatic heterocycles. The lowest BCUT2D eigenvalue weighted by molar-refractivity contribution is -0.122. The summed E-state index contributed by atoms with van der Waals surface area (Å²) in [6.07, 6.45) is 1.21. The molecule has 1 N–H and O–H groups in total. The Morgan fingerprint density at radius 3 is 2.59 bits per heavy atom. The Labute approximate surface area is 173 Å². The second-order valence-electron chi connectivity index (χ2n) is 8.08. The van der Waals surface area contributed by atoms with Crippen molar-refractivity contribution in [2.45, 2.75) is 58.7 Å². The molecule has 1 aliphatic heterocycles. The van der Waals surface area contributed by atoms with E-state index in [1.807, 2.05) is 6.92 Å². The smallest absolute Gasteiger partial charge is 0.222 e. The third kappa shape index (κ3) is 5.64. The number of hydrogen-bond donors (Lipinski definition) is 1. The number of rotatable bonds is 8. The average molecular weight is 400 g/mol. The molecule has 0 saturated heterocycles. The quantitative estimate of drug-likeness (QED) is 0.739. The second kappa shape index (κ2) is 9.98. The van der Waals surface area contributed by atoms with Crippen LogP contribution in [0.4, 0.5) is 0 Å². The number of benzene rings is 1. The second-order valence-corrected chi connectivity index (χ2v) is 8.08. The zero-order chi connectivity index (χ0) is 20.8. The van der Waals surface area contributed by atoms with Gasteiger partial charge in [0.2, 0.25) is 5.91 Å². The van der Waals surface area contributed by atoms with Gasteiger partial charge in [0.25, 0.3) is 0 Å². The average Bonchev–Trinajstić information content (AvgIpc) is 3.01. The Hall–Kier alpha value is -2.25. The molecule has 0 radical (unpaired) electrons. The van der Waals surface area contributed by atoms with E-state index in [0.29, 0.717) is 18.9 Å². The van der Waals surface area contributed by atoms with Gasteiger partial charge in [0.15, 0.2) is 5.82 Å². The number of ether oxygens (including phenoxy) is 1. The molecule has 1 aliphatic rings. The number of amides is 1. The molecule has 2 heterocycles. The molecule has 1 amide bonds. The summed E-state index contributed by atoms with van der Waals surface area (Å²) in [5.74, 6) is 2.35. The van der Waals surface area contributed by atoms with Gasteiger partial charge in [0.1, 0.15) is 5.82 Å². The zero-order valence-corrected chi connectivity index (χ0v) is 18.0. The minimum absolute atomic E-state index is 0.0307. The summed E-state index contributed by atoms with van der Waals surface area (Å²) >= 11 is 0. The van der Waals surface area contributed by atoms with Crippen molar-refractivity contribution in [3.63, 3.8) is 0 Å². The van der Waals surface area contributed by atoms with Gasteiger partial charge in [0, 0.05) is 46.1 Å². The van der Waals surface area contributed by atoms with Gasteiger partial charge in [0.05, 0.1) is 12.6 Å². The van der Waals surface area contributed by atoms with Crippen LogP contribution in [0.25, 0.3) is 0 Å². The molecule has 0 aliphatic carbocycles. The lowest BCUT2D eigenvalue weighted by Crippen LogP contribution is -2.30. The number of methoxy groups -OCH3 is 1. The highest BCUT2D eigenvalue weighted by Crippen LogP contribution is 2.18. The third-order valence-electron chi connectivity index (χ3n) is 5.50. The fourth-order valence-electron chi connectivity index (χ4n) is 3.71. The SMILES string of the molecule is COCCC(=O)NC(C)c1nnc2n1CCN(Cc1ccc(C(C)C)cc1)CC2. The highest BCUT2D eigenvalue weighted by molar-refractivity contribution is 5.76. The largest absolute Gasteiger partial charge is 0.384 e. The molecule has 0 bridgehead atoms. The first-order valence-corrected chi connectivity index (χ1v) is 10.5. The zero-order valence-electron chi connectivity index (χ0n) is 18.0. The Morgan fingerprint density at radius 1 is 1.14 bits per heavy atom. The van der Waals surface area contributed by atoms with Gasteiger partial charge in [-0.1, -0.05) is 38.1 Å². The third-order valence-corrected chi connectivity index (χ3v) is 5.50. The standard InChI is InChI=1S/C22H33N5O2/c1-16(2)19-7-5-18(6-8-19)15-26-11-9-20-24-25-22(27(20)13-12-26)17(3)23-21(28)10-14-29-4/h5-8,16-17H,9-15H2,1-4H3,(H,23,28). The molecule has 7 heteroatoms. The minimum Gasteiger partial charge on any atom is -0.384 e. The minimum atomic E-state index is -0.171. The van der Waals surface area contributed by atoms with Crippen LogP contribution in [0.1, 0.15) is 61.9 Å². The molecular formula is C22H33N5O2. The van der Waals surface area contributed by atoms with Gasteiger partial charge in [-0.15, -0.1) is 10.2 Å². The van der Waals surface area contributed by atoms with Gasteiger partial charge in [-0.3, -0.25) is 9.69 Å². The van der Waals surface area contributed by atoms with Crippen molar-refractivity contribution in [2.75, 3.05) is 26.8 Å². The summed E-state index contributed by atoms with van der Waals surface area (Å²) in [5.41, 5.74) is 2.72. The summed E-state index contributed by atoms with van der Waals surface area (Å²) in [5, 5.41) is 11.7. The molecule has 0 saturated carbocycles. The van der Waals surface area contributed by atoms with Crippen LogP contribution in [0.3, 0.4) is 0 Å². The summed E-state index contributed by atoms with van der Waals surface area (Å²) in [6, 6.07) is 8.78. The van der Waals surface area contributed by atoms with Crippen LogP contribution in [-0.2, 0) is 29.0 Å². The first kappa shape index (κ1) is 21.5. The highest BCUT2D eigenvalue weighted by atomic mass is 16.5. The summed E-state index contributed by atoms with van der Waals surface area (Å²) in [6.45, 7) is 10.5. The van der Waals surface area contributed by atoms with E-state index in [1.54, 1.807) is 7.11 Å². The normalized spacial score (nSPS) is 15.8. The van der Waals surface area contributed by atoms with E-state index in [1.165, 1.54) is 11.1 Å². The molecule has 29 heavy (non-hydrogen) atoms. The van der Waals surface area contributed by atoms with Crippen molar-refractivity contribution in [3.05, 3.63) is 47.0 Å².